The lowest BCUT2D eigenvalue weighted by Gasteiger charge is -2.04. The van der Waals surface area contributed by atoms with Crippen LogP contribution in [-0.4, -0.2) is 20.1 Å². The van der Waals surface area contributed by atoms with Crippen molar-refractivity contribution in [1.29, 1.82) is 0 Å². The summed E-state index contributed by atoms with van der Waals surface area (Å²) >= 11 is 0. The molecule has 0 amide bonds. The summed E-state index contributed by atoms with van der Waals surface area (Å²) in [5.41, 5.74) is 3.61. The topological polar surface area (TPSA) is 64.7 Å². The first kappa shape index (κ1) is 13.4. The van der Waals surface area contributed by atoms with E-state index in [0.717, 1.165) is 11.3 Å². The van der Waals surface area contributed by atoms with E-state index < -0.39 is 0 Å². The Morgan fingerprint density at radius 2 is 1.71 bits per heavy atom. The molecule has 3 rings (SSSR count). The minimum Gasteiger partial charge on any atom is -0.334 e. The molecule has 0 aliphatic carbocycles. The van der Waals surface area contributed by atoms with Crippen LogP contribution in [0.3, 0.4) is 0 Å². The fourth-order valence-corrected chi connectivity index (χ4v) is 2.07. The van der Waals surface area contributed by atoms with E-state index in [-0.39, 0.29) is 0 Å². The van der Waals surface area contributed by atoms with Crippen LogP contribution in [0.15, 0.2) is 41.2 Å². The first-order valence-corrected chi connectivity index (χ1v) is 6.87. The maximum Gasteiger partial charge on any atom is 0.258 e. The third-order valence-electron chi connectivity index (χ3n) is 3.34. The minimum absolute atomic E-state index is 0.462. The zero-order valence-corrected chi connectivity index (χ0v) is 12.2. The van der Waals surface area contributed by atoms with Crippen molar-refractivity contribution >= 4 is 0 Å². The summed E-state index contributed by atoms with van der Waals surface area (Å²) < 4.78 is 5.33. The lowest BCUT2D eigenvalue weighted by Crippen LogP contribution is -1.92. The van der Waals surface area contributed by atoms with Gasteiger partial charge >= 0.3 is 0 Å². The minimum atomic E-state index is 0.462. The van der Waals surface area contributed by atoms with Crippen molar-refractivity contribution in [2.75, 3.05) is 0 Å². The van der Waals surface area contributed by atoms with E-state index in [4.69, 9.17) is 4.52 Å². The predicted octanol–water partition coefficient (Wildman–Crippen LogP) is 3.63. The summed E-state index contributed by atoms with van der Waals surface area (Å²) in [5.74, 6) is 1.45. The molecule has 0 N–H and O–H groups in total. The van der Waals surface area contributed by atoms with Gasteiger partial charge in [0, 0.05) is 18.0 Å². The molecule has 106 valence electrons. The number of benzene rings is 1. The van der Waals surface area contributed by atoms with E-state index in [2.05, 4.69) is 46.1 Å². The average Bonchev–Trinajstić information content (AvgIpc) is 2.97. The van der Waals surface area contributed by atoms with Crippen LogP contribution in [0.5, 0.6) is 0 Å². The normalized spacial score (nSPS) is 11.0. The van der Waals surface area contributed by atoms with E-state index in [1.54, 1.807) is 12.4 Å². The van der Waals surface area contributed by atoms with Crippen molar-refractivity contribution in [2.45, 2.75) is 26.7 Å². The Morgan fingerprint density at radius 3 is 2.38 bits per heavy atom. The third kappa shape index (κ3) is 2.67. The summed E-state index contributed by atoms with van der Waals surface area (Å²) in [5, 5.41) is 3.99. The molecule has 0 saturated carbocycles. The van der Waals surface area contributed by atoms with Gasteiger partial charge in [-0.2, -0.15) is 4.98 Å². The quantitative estimate of drug-likeness (QED) is 0.733. The molecule has 2 aromatic heterocycles. The number of aromatic nitrogens is 4. The molecule has 0 aliphatic heterocycles. The Hall–Kier alpha value is -2.56. The van der Waals surface area contributed by atoms with Gasteiger partial charge in [-0.15, -0.1) is 0 Å². The van der Waals surface area contributed by atoms with Gasteiger partial charge in [-0.25, -0.2) is 4.98 Å². The molecule has 0 saturated heterocycles. The third-order valence-corrected chi connectivity index (χ3v) is 3.34. The molecule has 2 heterocycles. The van der Waals surface area contributed by atoms with Crippen LogP contribution in [0.2, 0.25) is 0 Å². The molecule has 1 aromatic carbocycles. The largest absolute Gasteiger partial charge is 0.334 e. The van der Waals surface area contributed by atoms with E-state index in [0.29, 0.717) is 23.3 Å². The van der Waals surface area contributed by atoms with Gasteiger partial charge < -0.3 is 4.52 Å². The lowest BCUT2D eigenvalue weighted by atomic mass is 10.0. The molecule has 0 spiro atoms. The zero-order chi connectivity index (χ0) is 14.8. The molecular formula is C16H16N4O. The molecule has 0 bridgehead atoms. The fraction of sp³-hybridized carbons (Fsp3) is 0.250. The molecule has 0 atom stereocenters. The van der Waals surface area contributed by atoms with Crippen molar-refractivity contribution in [3.63, 3.8) is 0 Å². The number of rotatable bonds is 3. The van der Waals surface area contributed by atoms with Gasteiger partial charge in [-0.3, -0.25) is 4.98 Å². The Balaban J connectivity index is 1.93. The SMILES string of the molecule is Cc1nccnc1-c1noc(-c2ccc(C(C)C)cc2)n1. The summed E-state index contributed by atoms with van der Waals surface area (Å²) in [4.78, 5) is 12.8. The average molecular weight is 280 g/mol. The van der Waals surface area contributed by atoms with E-state index >= 15 is 0 Å². The molecule has 21 heavy (non-hydrogen) atoms. The highest BCUT2D eigenvalue weighted by molar-refractivity contribution is 5.58. The maximum atomic E-state index is 5.33. The highest BCUT2D eigenvalue weighted by Gasteiger charge is 2.14. The second kappa shape index (κ2) is 5.44. The van der Waals surface area contributed by atoms with E-state index in [1.807, 2.05) is 19.1 Å². The van der Waals surface area contributed by atoms with Gasteiger partial charge in [-0.05, 0) is 30.5 Å². The highest BCUT2D eigenvalue weighted by atomic mass is 16.5. The van der Waals surface area contributed by atoms with Gasteiger partial charge in [0.2, 0.25) is 5.82 Å². The van der Waals surface area contributed by atoms with Gasteiger partial charge in [0.25, 0.3) is 5.89 Å². The van der Waals surface area contributed by atoms with Gasteiger partial charge in [0.15, 0.2) is 0 Å². The number of hydrogen-bond donors (Lipinski definition) is 0. The first-order chi connectivity index (χ1) is 10.1. The van der Waals surface area contributed by atoms with Crippen molar-refractivity contribution in [1.82, 2.24) is 20.1 Å². The van der Waals surface area contributed by atoms with Crippen LogP contribution >= 0.6 is 0 Å². The molecule has 0 fully saturated rings. The van der Waals surface area contributed by atoms with Gasteiger partial charge in [-0.1, -0.05) is 31.1 Å². The van der Waals surface area contributed by atoms with Crippen molar-refractivity contribution < 1.29 is 4.52 Å². The molecule has 3 aromatic rings. The second-order valence-corrected chi connectivity index (χ2v) is 5.19. The van der Waals surface area contributed by atoms with Crippen molar-refractivity contribution in [2.24, 2.45) is 0 Å². The summed E-state index contributed by atoms with van der Waals surface area (Å²) in [6.07, 6.45) is 3.26. The monoisotopic (exact) mass is 280 g/mol. The Morgan fingerprint density at radius 1 is 1.00 bits per heavy atom. The summed E-state index contributed by atoms with van der Waals surface area (Å²) in [7, 11) is 0. The van der Waals surface area contributed by atoms with E-state index in [9.17, 15) is 0 Å². The van der Waals surface area contributed by atoms with Crippen LogP contribution in [0.4, 0.5) is 0 Å². The first-order valence-electron chi connectivity index (χ1n) is 6.87. The van der Waals surface area contributed by atoms with Crippen LogP contribution < -0.4 is 0 Å². The van der Waals surface area contributed by atoms with Crippen LogP contribution in [0, 0.1) is 6.92 Å². The Labute approximate surface area is 123 Å². The predicted molar refractivity (Wildman–Crippen MR) is 79.6 cm³/mol. The van der Waals surface area contributed by atoms with Crippen LogP contribution in [-0.2, 0) is 0 Å². The highest BCUT2D eigenvalue weighted by Crippen LogP contribution is 2.24. The molecule has 0 aliphatic rings. The standard InChI is InChI=1S/C16H16N4O/c1-10(2)12-4-6-13(7-5-12)16-19-15(20-21-16)14-11(3)17-8-9-18-14/h4-10H,1-3H3. The molecule has 5 nitrogen and oxygen atoms in total. The number of hydrogen-bond acceptors (Lipinski definition) is 5. The lowest BCUT2D eigenvalue weighted by molar-refractivity contribution is 0.432. The summed E-state index contributed by atoms with van der Waals surface area (Å²) in [6.45, 7) is 6.20. The summed E-state index contributed by atoms with van der Waals surface area (Å²) in [6, 6.07) is 8.15. The Bertz CT molecular complexity index is 747. The second-order valence-electron chi connectivity index (χ2n) is 5.19. The molecule has 5 heteroatoms. The molecule has 0 radical (unpaired) electrons. The molecule has 0 unspecified atom stereocenters. The Kier molecular flexibility index (Phi) is 3.48. The van der Waals surface area contributed by atoms with Crippen LogP contribution in [0.1, 0.15) is 31.0 Å². The van der Waals surface area contributed by atoms with E-state index in [1.165, 1.54) is 5.56 Å². The van der Waals surface area contributed by atoms with Gasteiger partial charge in [0.1, 0.15) is 5.69 Å². The zero-order valence-electron chi connectivity index (χ0n) is 12.2. The van der Waals surface area contributed by atoms with Crippen molar-refractivity contribution in [3.8, 4) is 23.0 Å². The number of aryl methyl sites for hydroxylation is 1. The fourth-order valence-electron chi connectivity index (χ4n) is 2.07. The maximum absolute atomic E-state index is 5.33. The number of nitrogens with zero attached hydrogens (tertiary/aromatic N) is 4. The smallest absolute Gasteiger partial charge is 0.258 e. The molecular weight excluding hydrogens is 264 g/mol. The van der Waals surface area contributed by atoms with Gasteiger partial charge in [0.05, 0.1) is 5.69 Å². The van der Waals surface area contributed by atoms with Crippen LogP contribution in [0.25, 0.3) is 23.0 Å². The van der Waals surface area contributed by atoms with Crippen molar-refractivity contribution in [3.05, 3.63) is 47.9 Å².